The van der Waals surface area contributed by atoms with E-state index in [0.717, 1.165) is 29.7 Å². The number of hydrogen-bond acceptors (Lipinski definition) is 12. The van der Waals surface area contributed by atoms with Gasteiger partial charge in [0.15, 0.2) is 0 Å². The van der Waals surface area contributed by atoms with Crippen LogP contribution in [0, 0.1) is 0 Å². The second-order valence-corrected chi connectivity index (χ2v) is 12.4. The number of nitrogens with zero attached hydrogens (tertiary/aromatic N) is 5. The molecule has 1 aliphatic rings. The predicted molar refractivity (Wildman–Crippen MR) is 159 cm³/mol. The number of hydrazone groups is 1. The lowest BCUT2D eigenvalue weighted by Crippen LogP contribution is -2.40. The minimum absolute atomic E-state index is 0.00261. The Morgan fingerprint density at radius 2 is 1.80 bits per heavy atom. The van der Waals surface area contributed by atoms with Gasteiger partial charge >= 0.3 is 0 Å². The van der Waals surface area contributed by atoms with Gasteiger partial charge in [0.05, 0.1) is 62.9 Å². The number of ether oxygens (including phenoxy) is 3. The molecule has 2 unspecified atom stereocenters. The monoisotopic (exact) mass is 586 g/mol. The summed E-state index contributed by atoms with van der Waals surface area (Å²) in [6.45, 7) is 4.71. The van der Waals surface area contributed by atoms with Crippen molar-refractivity contribution in [2.45, 2.75) is 31.4 Å². The Balaban J connectivity index is 1.76. The fourth-order valence-electron chi connectivity index (χ4n) is 4.43. The third-order valence-corrected chi connectivity index (χ3v) is 6.89. The Kier molecular flexibility index (Phi) is 9.32. The average molecular weight is 587 g/mol. The first-order valence-corrected chi connectivity index (χ1v) is 14.9. The highest BCUT2D eigenvalue weighted by Gasteiger charge is 2.25. The van der Waals surface area contributed by atoms with E-state index < -0.39 is 21.8 Å². The summed E-state index contributed by atoms with van der Waals surface area (Å²) in [5.41, 5.74) is 9.12. The van der Waals surface area contributed by atoms with Crippen molar-refractivity contribution in [3.63, 3.8) is 0 Å². The van der Waals surface area contributed by atoms with Gasteiger partial charge < -0.3 is 24.8 Å². The first-order valence-electron chi connectivity index (χ1n) is 13.1. The standard InChI is InChI=1S/C28H38N6O6S/c1-28(2,29)18-39-17-24(40-41(6,35)36)16-34(21-9-22(37-4)12-23(10-21)38-5)20-7-8-25-26(11-20)32-27(14-30-25)19-13-31-33(3)15-19/h7-14,19,24H,15-18,29H2,1-6H3. The van der Waals surface area contributed by atoms with Crippen LogP contribution in [0.15, 0.2) is 47.7 Å². The van der Waals surface area contributed by atoms with E-state index in [1.807, 2.05) is 67.4 Å². The third-order valence-electron chi connectivity index (χ3n) is 6.26. The maximum atomic E-state index is 12.2. The molecule has 2 heterocycles. The second kappa shape index (κ2) is 12.6. The van der Waals surface area contributed by atoms with E-state index in [9.17, 15) is 8.42 Å². The molecule has 0 bridgehead atoms. The molecule has 0 saturated carbocycles. The molecule has 0 fully saturated rings. The minimum Gasteiger partial charge on any atom is -0.497 e. The Morgan fingerprint density at radius 3 is 2.39 bits per heavy atom. The van der Waals surface area contributed by atoms with E-state index in [4.69, 9.17) is 29.1 Å². The smallest absolute Gasteiger partial charge is 0.264 e. The second-order valence-electron chi connectivity index (χ2n) is 10.8. The molecule has 41 heavy (non-hydrogen) atoms. The molecule has 222 valence electrons. The minimum atomic E-state index is -3.81. The molecule has 2 aromatic carbocycles. The van der Waals surface area contributed by atoms with E-state index >= 15 is 0 Å². The summed E-state index contributed by atoms with van der Waals surface area (Å²) < 4.78 is 46.7. The zero-order valence-corrected chi connectivity index (χ0v) is 25.1. The number of fused-ring (bicyclic) bond motifs is 1. The van der Waals surface area contributed by atoms with Crippen molar-refractivity contribution in [1.29, 1.82) is 0 Å². The molecule has 12 nitrogen and oxygen atoms in total. The summed E-state index contributed by atoms with van der Waals surface area (Å²) in [7, 11) is 1.24. The molecular weight excluding hydrogens is 548 g/mol. The molecule has 0 spiro atoms. The van der Waals surface area contributed by atoms with Crippen molar-refractivity contribution in [2.24, 2.45) is 10.8 Å². The molecule has 1 aromatic heterocycles. The average Bonchev–Trinajstić information content (AvgIpc) is 3.35. The van der Waals surface area contributed by atoms with Gasteiger partial charge in [-0.25, -0.2) is 4.98 Å². The SMILES string of the molecule is COc1cc(OC)cc(N(CC(COCC(C)(C)N)OS(C)(=O)=O)c2ccc3ncc(C4C=NN(C)C4)nc3c2)c1. The molecule has 0 amide bonds. The fourth-order valence-corrected chi connectivity index (χ4v) is 5.04. The molecule has 2 atom stereocenters. The van der Waals surface area contributed by atoms with E-state index in [2.05, 4.69) is 10.1 Å². The summed E-state index contributed by atoms with van der Waals surface area (Å²) >= 11 is 0. The van der Waals surface area contributed by atoms with E-state index in [1.54, 1.807) is 26.5 Å². The number of benzene rings is 2. The van der Waals surface area contributed by atoms with Gasteiger partial charge in [0.2, 0.25) is 0 Å². The van der Waals surface area contributed by atoms with Crippen molar-refractivity contribution >= 4 is 38.7 Å². The largest absolute Gasteiger partial charge is 0.497 e. The lowest BCUT2D eigenvalue weighted by atomic mass is 10.1. The summed E-state index contributed by atoms with van der Waals surface area (Å²) in [5, 5.41) is 6.18. The molecule has 1 aliphatic heterocycles. The van der Waals surface area contributed by atoms with Gasteiger partial charge in [-0.15, -0.1) is 0 Å². The van der Waals surface area contributed by atoms with E-state index in [1.165, 1.54) is 0 Å². The Bertz CT molecular complexity index is 1470. The molecule has 0 radical (unpaired) electrons. The number of anilines is 2. The Labute approximate surface area is 241 Å². The van der Waals surface area contributed by atoms with Crippen LogP contribution in [0.5, 0.6) is 11.5 Å². The van der Waals surface area contributed by atoms with Gasteiger partial charge in [0, 0.05) is 61.1 Å². The van der Waals surface area contributed by atoms with Gasteiger partial charge in [-0.05, 0) is 32.0 Å². The fraction of sp³-hybridized carbons (Fsp3) is 0.464. The Hall–Kier alpha value is -3.52. The summed E-state index contributed by atoms with van der Waals surface area (Å²) in [4.78, 5) is 11.4. The van der Waals surface area contributed by atoms with Crippen LogP contribution in [0.1, 0.15) is 25.5 Å². The van der Waals surface area contributed by atoms with Gasteiger partial charge in [-0.3, -0.25) is 14.2 Å². The molecule has 2 N–H and O–H groups in total. The third kappa shape index (κ3) is 8.49. The number of likely N-dealkylation sites (N-methyl/N-ethyl adjacent to an activating group) is 1. The zero-order chi connectivity index (χ0) is 29.8. The lowest BCUT2D eigenvalue weighted by molar-refractivity contribution is 0.0378. The summed E-state index contributed by atoms with van der Waals surface area (Å²) in [6.07, 6.45) is 3.80. The van der Waals surface area contributed by atoms with Crippen LogP contribution in [0.4, 0.5) is 11.4 Å². The maximum absolute atomic E-state index is 12.2. The van der Waals surface area contributed by atoms with Crippen LogP contribution < -0.4 is 20.1 Å². The van der Waals surface area contributed by atoms with Crippen LogP contribution in [-0.2, 0) is 19.0 Å². The number of methoxy groups -OCH3 is 2. The lowest BCUT2D eigenvalue weighted by Gasteiger charge is -2.30. The highest BCUT2D eigenvalue weighted by atomic mass is 32.2. The Morgan fingerprint density at radius 1 is 1.10 bits per heavy atom. The molecule has 3 aromatic rings. The van der Waals surface area contributed by atoms with Gasteiger partial charge in [0.25, 0.3) is 10.1 Å². The highest BCUT2D eigenvalue weighted by molar-refractivity contribution is 7.86. The molecule has 4 rings (SSSR count). The molecule has 0 saturated heterocycles. The van der Waals surface area contributed by atoms with Crippen molar-refractivity contribution in [1.82, 2.24) is 15.0 Å². The van der Waals surface area contributed by atoms with E-state index in [-0.39, 0.29) is 25.7 Å². The molecular formula is C28H38N6O6S. The summed E-state index contributed by atoms with van der Waals surface area (Å²) in [6, 6.07) is 11.1. The predicted octanol–water partition coefficient (Wildman–Crippen LogP) is 2.90. The van der Waals surface area contributed by atoms with Crippen molar-refractivity contribution in [3.8, 4) is 11.5 Å². The number of aromatic nitrogens is 2. The van der Waals surface area contributed by atoms with Crippen LogP contribution in [0.2, 0.25) is 0 Å². The van der Waals surface area contributed by atoms with Crippen LogP contribution in [0.3, 0.4) is 0 Å². The normalized spacial score (nSPS) is 16.3. The van der Waals surface area contributed by atoms with Crippen LogP contribution in [0.25, 0.3) is 11.0 Å². The topological polar surface area (TPSA) is 142 Å². The van der Waals surface area contributed by atoms with E-state index in [0.29, 0.717) is 22.7 Å². The maximum Gasteiger partial charge on any atom is 0.264 e. The number of hydrogen-bond donors (Lipinski definition) is 1. The zero-order valence-electron chi connectivity index (χ0n) is 24.3. The van der Waals surface area contributed by atoms with Gasteiger partial charge in [-0.2, -0.15) is 13.5 Å². The van der Waals surface area contributed by atoms with Crippen molar-refractivity contribution < 1.29 is 26.8 Å². The van der Waals surface area contributed by atoms with Crippen LogP contribution in [-0.4, -0.2) is 95.1 Å². The number of rotatable bonds is 13. The molecule has 13 heteroatoms. The first-order chi connectivity index (χ1) is 19.3. The van der Waals surface area contributed by atoms with Crippen molar-refractivity contribution in [3.05, 3.63) is 48.3 Å². The van der Waals surface area contributed by atoms with Gasteiger partial charge in [-0.1, -0.05) is 0 Å². The number of nitrogens with two attached hydrogens (primary N) is 1. The highest BCUT2D eigenvalue weighted by Crippen LogP contribution is 2.34. The van der Waals surface area contributed by atoms with Crippen LogP contribution >= 0.6 is 0 Å². The summed E-state index contributed by atoms with van der Waals surface area (Å²) in [5.74, 6) is 1.17. The van der Waals surface area contributed by atoms with Crippen molar-refractivity contribution in [2.75, 3.05) is 58.7 Å². The first kappa shape index (κ1) is 30.4. The quantitative estimate of drug-likeness (QED) is 0.296. The molecule has 0 aliphatic carbocycles. The van der Waals surface area contributed by atoms with Gasteiger partial charge in [0.1, 0.15) is 17.6 Å².